The summed E-state index contributed by atoms with van der Waals surface area (Å²) in [5, 5.41) is 2.20. The van der Waals surface area contributed by atoms with Gasteiger partial charge in [0, 0.05) is 38.0 Å². The largest absolute Gasteiger partial charge is 0.355 e. The van der Waals surface area contributed by atoms with Crippen LogP contribution in [0.1, 0.15) is 28.8 Å². The van der Waals surface area contributed by atoms with Crippen LogP contribution in [0.15, 0.2) is 54.9 Å². The average Bonchev–Trinajstić information content (AvgIpc) is 3.16. The van der Waals surface area contributed by atoms with E-state index in [1.54, 1.807) is 7.11 Å². The Morgan fingerprint density at radius 1 is 1.20 bits per heavy atom. The summed E-state index contributed by atoms with van der Waals surface area (Å²) in [4.78, 5) is 3.98. The zero-order valence-electron chi connectivity index (χ0n) is 14.9. The van der Waals surface area contributed by atoms with Crippen molar-refractivity contribution in [1.82, 2.24) is 4.90 Å². The highest BCUT2D eigenvalue weighted by atomic mass is 32.1. The summed E-state index contributed by atoms with van der Waals surface area (Å²) in [6.07, 6.45) is 2.88. The molecule has 1 aromatic carbocycles. The number of piperidine rings is 1. The maximum Gasteiger partial charge on any atom is 0.163 e. The predicted octanol–water partition coefficient (Wildman–Crippen LogP) is 4.59. The number of fused-ring (bicyclic) bond motifs is 2. The molecule has 3 heterocycles. The maximum atomic E-state index is 6.41. The number of methoxy groups -OCH3 is 1. The topological polar surface area (TPSA) is 21.7 Å². The smallest absolute Gasteiger partial charge is 0.163 e. The lowest BCUT2D eigenvalue weighted by atomic mass is 9.82. The fourth-order valence-corrected chi connectivity index (χ4v) is 4.83. The number of nitrogens with zero attached hydrogens (tertiary/aromatic N) is 1. The Bertz CT molecular complexity index is 662. The monoisotopic (exact) mass is 357 g/mol. The molecule has 4 heteroatoms. The van der Waals surface area contributed by atoms with Crippen LogP contribution in [0.3, 0.4) is 0 Å². The van der Waals surface area contributed by atoms with E-state index < -0.39 is 0 Å². The highest BCUT2D eigenvalue weighted by molar-refractivity contribution is 7.10. The van der Waals surface area contributed by atoms with Gasteiger partial charge < -0.3 is 9.47 Å². The molecular weight excluding hydrogens is 330 g/mol. The van der Waals surface area contributed by atoms with Gasteiger partial charge in [-0.3, -0.25) is 4.90 Å². The summed E-state index contributed by atoms with van der Waals surface area (Å²) < 4.78 is 11.9. The number of thiophene rings is 1. The van der Waals surface area contributed by atoms with E-state index in [1.165, 1.54) is 16.0 Å². The van der Waals surface area contributed by atoms with E-state index in [0.717, 1.165) is 38.9 Å². The second-order valence-corrected chi connectivity index (χ2v) is 7.50. The molecule has 4 rings (SSSR count). The van der Waals surface area contributed by atoms with Gasteiger partial charge in [0.2, 0.25) is 0 Å². The molecule has 0 saturated carbocycles. The predicted molar refractivity (Wildman–Crippen MR) is 104 cm³/mol. The summed E-state index contributed by atoms with van der Waals surface area (Å²) in [7, 11) is 1.75. The van der Waals surface area contributed by atoms with Crippen molar-refractivity contribution in [3.05, 3.63) is 70.9 Å². The SMILES string of the molecule is C=C.COC1Cc2sccc2C2(CCN(Cc3ccccc3)CC2)O1. The van der Waals surface area contributed by atoms with E-state index in [2.05, 4.69) is 59.8 Å². The zero-order chi connectivity index (χ0) is 17.7. The summed E-state index contributed by atoms with van der Waals surface area (Å²) >= 11 is 1.84. The fourth-order valence-electron chi connectivity index (χ4n) is 3.85. The number of rotatable bonds is 3. The van der Waals surface area contributed by atoms with Crippen molar-refractivity contribution in [2.75, 3.05) is 20.2 Å². The van der Waals surface area contributed by atoms with Gasteiger partial charge >= 0.3 is 0 Å². The van der Waals surface area contributed by atoms with Crippen LogP contribution >= 0.6 is 11.3 Å². The second kappa shape index (κ2) is 8.28. The van der Waals surface area contributed by atoms with Gasteiger partial charge in [-0.05, 0) is 35.4 Å². The van der Waals surface area contributed by atoms with Crippen LogP contribution in [0.4, 0.5) is 0 Å². The number of hydrogen-bond acceptors (Lipinski definition) is 4. The lowest BCUT2D eigenvalue weighted by molar-refractivity contribution is -0.226. The van der Waals surface area contributed by atoms with Crippen molar-refractivity contribution >= 4 is 11.3 Å². The molecule has 1 saturated heterocycles. The Morgan fingerprint density at radius 2 is 1.92 bits per heavy atom. The fraction of sp³-hybridized carbons (Fsp3) is 0.429. The Morgan fingerprint density at radius 3 is 2.60 bits per heavy atom. The van der Waals surface area contributed by atoms with Crippen LogP contribution in [0, 0.1) is 0 Å². The van der Waals surface area contributed by atoms with Crippen LogP contribution in [-0.2, 0) is 28.0 Å². The van der Waals surface area contributed by atoms with E-state index in [4.69, 9.17) is 9.47 Å². The maximum absolute atomic E-state index is 6.41. The van der Waals surface area contributed by atoms with Gasteiger partial charge in [0.05, 0.1) is 5.60 Å². The van der Waals surface area contributed by atoms with E-state index in [1.807, 2.05) is 11.3 Å². The molecule has 2 aromatic rings. The number of ether oxygens (including phenoxy) is 2. The minimum atomic E-state index is -0.137. The molecule has 0 N–H and O–H groups in total. The Balaban J connectivity index is 0.000000880. The molecule has 1 fully saturated rings. The first-order valence-corrected chi connectivity index (χ1v) is 9.71. The second-order valence-electron chi connectivity index (χ2n) is 6.50. The standard InChI is InChI=1S/C19H23NO2S.C2H4/c1-21-18-13-17-16(7-12-23-17)19(22-18)8-10-20(11-9-19)14-15-5-3-2-4-6-15;1-2/h2-7,12,18H,8-11,13-14H2,1H3;1-2H2. The molecule has 3 nitrogen and oxygen atoms in total. The first-order valence-electron chi connectivity index (χ1n) is 8.83. The van der Waals surface area contributed by atoms with Gasteiger partial charge in [0.25, 0.3) is 0 Å². The van der Waals surface area contributed by atoms with Crippen molar-refractivity contribution < 1.29 is 9.47 Å². The molecule has 25 heavy (non-hydrogen) atoms. The van der Waals surface area contributed by atoms with Crippen molar-refractivity contribution in [3.8, 4) is 0 Å². The first-order chi connectivity index (χ1) is 12.3. The van der Waals surface area contributed by atoms with Crippen LogP contribution in [0.2, 0.25) is 0 Å². The molecule has 134 valence electrons. The molecule has 1 unspecified atom stereocenters. The van der Waals surface area contributed by atoms with Crippen LogP contribution in [-0.4, -0.2) is 31.4 Å². The highest BCUT2D eigenvalue weighted by Gasteiger charge is 2.44. The van der Waals surface area contributed by atoms with Gasteiger partial charge in [0.15, 0.2) is 6.29 Å². The van der Waals surface area contributed by atoms with Crippen molar-refractivity contribution in [2.24, 2.45) is 0 Å². The summed E-state index contributed by atoms with van der Waals surface area (Å²) in [6.45, 7) is 9.17. The third-order valence-corrected chi connectivity index (χ3v) is 6.06. The summed E-state index contributed by atoms with van der Waals surface area (Å²) in [6, 6.07) is 13.0. The zero-order valence-corrected chi connectivity index (χ0v) is 15.8. The van der Waals surface area contributed by atoms with E-state index in [0.29, 0.717) is 0 Å². The van der Waals surface area contributed by atoms with E-state index >= 15 is 0 Å². The van der Waals surface area contributed by atoms with Gasteiger partial charge in [-0.25, -0.2) is 0 Å². The lowest BCUT2D eigenvalue weighted by Gasteiger charge is -2.46. The number of likely N-dealkylation sites (tertiary alicyclic amines) is 1. The Labute approximate surface area is 154 Å². The molecule has 1 aromatic heterocycles. The minimum Gasteiger partial charge on any atom is -0.355 e. The molecule has 2 aliphatic heterocycles. The first kappa shape index (κ1) is 18.3. The minimum absolute atomic E-state index is 0.0955. The van der Waals surface area contributed by atoms with E-state index in [-0.39, 0.29) is 11.9 Å². The normalized spacial score (nSPS) is 22.0. The van der Waals surface area contributed by atoms with E-state index in [9.17, 15) is 0 Å². The van der Waals surface area contributed by atoms with Crippen LogP contribution in [0.5, 0.6) is 0 Å². The average molecular weight is 358 g/mol. The molecule has 1 atom stereocenters. The molecule has 2 aliphatic rings. The molecule has 0 amide bonds. The molecule has 1 spiro atoms. The van der Waals surface area contributed by atoms with Gasteiger partial charge in [-0.1, -0.05) is 30.3 Å². The summed E-state index contributed by atoms with van der Waals surface area (Å²) in [5.74, 6) is 0. The van der Waals surface area contributed by atoms with Crippen LogP contribution < -0.4 is 0 Å². The van der Waals surface area contributed by atoms with Gasteiger partial charge in [0.1, 0.15) is 0 Å². The third-order valence-electron chi connectivity index (χ3n) is 5.12. The van der Waals surface area contributed by atoms with Gasteiger partial charge in [-0.2, -0.15) is 0 Å². The molecule has 0 radical (unpaired) electrons. The molecule has 0 bridgehead atoms. The van der Waals surface area contributed by atoms with Crippen molar-refractivity contribution in [2.45, 2.75) is 37.7 Å². The van der Waals surface area contributed by atoms with Gasteiger partial charge in [-0.15, -0.1) is 24.5 Å². The highest BCUT2D eigenvalue weighted by Crippen LogP contribution is 2.45. The molecular formula is C21H27NO2S. The van der Waals surface area contributed by atoms with Crippen molar-refractivity contribution in [1.29, 1.82) is 0 Å². The lowest BCUT2D eigenvalue weighted by Crippen LogP contribution is -2.48. The summed E-state index contributed by atoms with van der Waals surface area (Å²) in [5.41, 5.74) is 2.66. The number of hydrogen-bond donors (Lipinski definition) is 0. The third kappa shape index (κ3) is 3.87. The Hall–Kier alpha value is -1.46. The quantitative estimate of drug-likeness (QED) is 0.750. The molecule has 0 aliphatic carbocycles. The number of benzene rings is 1. The Kier molecular flexibility index (Phi) is 6.07. The van der Waals surface area contributed by atoms with Crippen molar-refractivity contribution in [3.63, 3.8) is 0 Å². The van der Waals surface area contributed by atoms with Crippen LogP contribution in [0.25, 0.3) is 0 Å².